The van der Waals surface area contributed by atoms with Gasteiger partial charge < -0.3 is 0 Å². The highest BCUT2D eigenvalue weighted by molar-refractivity contribution is 6.10. The van der Waals surface area contributed by atoms with Crippen molar-refractivity contribution in [2.75, 3.05) is 0 Å². The Labute approximate surface area is 294 Å². The maximum atomic E-state index is 5.76. The first kappa shape index (κ1) is 28.1. The molecule has 4 aromatic heterocycles. The Morgan fingerprint density at radius 1 is 0.431 bits per heavy atom. The summed E-state index contributed by atoms with van der Waals surface area (Å²) in [6.07, 6.45) is 1.87. The quantitative estimate of drug-likeness (QED) is 0.190. The summed E-state index contributed by atoms with van der Waals surface area (Å²) in [6, 6.07) is 63.3. The highest BCUT2D eigenvalue weighted by atomic mass is 15.1. The van der Waals surface area contributed by atoms with Crippen LogP contribution in [0.3, 0.4) is 0 Å². The van der Waals surface area contributed by atoms with Crippen LogP contribution in [0.1, 0.15) is 22.4 Å². The smallest absolute Gasteiger partial charge is 0.145 e. The Morgan fingerprint density at radius 2 is 1.02 bits per heavy atom. The second kappa shape index (κ2) is 10.6. The molecule has 10 aromatic rings. The minimum absolute atomic E-state index is 0.682. The molecule has 6 aromatic carbocycles. The number of hydrogen-bond donors (Lipinski definition) is 0. The van der Waals surface area contributed by atoms with Crippen LogP contribution >= 0.6 is 0 Å². The lowest BCUT2D eigenvalue weighted by molar-refractivity contribution is 0.738. The number of para-hydroxylation sites is 3. The zero-order chi connectivity index (χ0) is 33.5. The summed E-state index contributed by atoms with van der Waals surface area (Å²) in [5, 5.41) is 4.73. The van der Waals surface area contributed by atoms with Crippen molar-refractivity contribution in [1.82, 2.24) is 19.1 Å². The van der Waals surface area contributed by atoms with Crippen molar-refractivity contribution in [2.45, 2.75) is 5.41 Å². The van der Waals surface area contributed by atoms with E-state index in [0.29, 0.717) is 0 Å². The van der Waals surface area contributed by atoms with E-state index in [0.717, 1.165) is 44.8 Å². The van der Waals surface area contributed by atoms with Crippen LogP contribution in [0.25, 0.3) is 66.4 Å². The third kappa shape index (κ3) is 3.79. The first-order valence-corrected chi connectivity index (χ1v) is 17.4. The van der Waals surface area contributed by atoms with Gasteiger partial charge in [-0.05, 0) is 82.4 Å². The monoisotopic (exact) mass is 650 g/mol. The van der Waals surface area contributed by atoms with Gasteiger partial charge in [-0.2, -0.15) is 0 Å². The van der Waals surface area contributed by atoms with Crippen LogP contribution in [-0.4, -0.2) is 19.1 Å². The van der Waals surface area contributed by atoms with Gasteiger partial charge in [0.2, 0.25) is 0 Å². The SMILES string of the molecule is c1ccc(-n2c3ccccc3c3ccc(C4(c5ccc6c7ccccc7n(-c7ccccn7)c6c5)c5ccccc5-c5ccccc54)nc32)cc1. The van der Waals surface area contributed by atoms with Gasteiger partial charge in [0.15, 0.2) is 0 Å². The average Bonchev–Trinajstić information content (AvgIpc) is 3.82. The molecule has 0 saturated heterocycles. The summed E-state index contributed by atoms with van der Waals surface area (Å²) >= 11 is 0. The Bertz CT molecular complexity index is 2770. The summed E-state index contributed by atoms with van der Waals surface area (Å²) in [6.45, 7) is 0. The van der Waals surface area contributed by atoms with Gasteiger partial charge in [-0.1, -0.05) is 121 Å². The molecule has 0 aliphatic heterocycles. The molecule has 1 aliphatic carbocycles. The lowest BCUT2D eigenvalue weighted by Gasteiger charge is -2.33. The van der Waals surface area contributed by atoms with Crippen LogP contribution in [0.2, 0.25) is 0 Å². The summed E-state index contributed by atoms with van der Waals surface area (Å²) in [5.74, 6) is 0.897. The number of fused-ring (bicyclic) bond motifs is 9. The van der Waals surface area contributed by atoms with Crippen LogP contribution in [0.5, 0.6) is 0 Å². The van der Waals surface area contributed by atoms with Gasteiger partial charge in [-0.15, -0.1) is 0 Å². The van der Waals surface area contributed by atoms with E-state index in [1.54, 1.807) is 0 Å². The number of pyridine rings is 2. The molecule has 11 rings (SSSR count). The Morgan fingerprint density at radius 3 is 1.75 bits per heavy atom. The molecular formula is C47H30N4. The fraction of sp³-hybridized carbons (Fsp3) is 0.0213. The minimum atomic E-state index is -0.682. The van der Waals surface area contributed by atoms with Gasteiger partial charge in [-0.25, -0.2) is 9.97 Å². The lowest BCUT2D eigenvalue weighted by Crippen LogP contribution is -2.30. The lowest BCUT2D eigenvalue weighted by atomic mass is 9.69. The average molecular weight is 651 g/mol. The standard InChI is InChI=1S/C47H30N4/c1-2-14-32(15-3-1)50-41-22-10-7-19-36(41)38-27-28-44(49-46(38)50)47(39-20-8-4-16-33(39)34-17-5-9-21-40(34)47)31-25-26-37-35-18-6-11-23-42(35)51(43(37)30-31)45-24-12-13-29-48-45/h1-30H. The van der Waals surface area contributed by atoms with Crippen LogP contribution in [0.4, 0.5) is 0 Å². The number of hydrogen-bond acceptors (Lipinski definition) is 2. The zero-order valence-corrected chi connectivity index (χ0v) is 27.6. The Balaban J connectivity index is 1.29. The van der Waals surface area contributed by atoms with Crippen molar-refractivity contribution >= 4 is 43.7 Å². The van der Waals surface area contributed by atoms with Gasteiger partial charge in [0.1, 0.15) is 11.5 Å². The van der Waals surface area contributed by atoms with Gasteiger partial charge >= 0.3 is 0 Å². The fourth-order valence-corrected chi connectivity index (χ4v) is 8.79. The second-order valence-electron chi connectivity index (χ2n) is 13.4. The highest BCUT2D eigenvalue weighted by Crippen LogP contribution is 2.56. The van der Waals surface area contributed by atoms with E-state index >= 15 is 0 Å². The number of benzene rings is 6. The molecule has 4 heteroatoms. The first-order chi connectivity index (χ1) is 25.3. The van der Waals surface area contributed by atoms with Crippen LogP contribution in [0.15, 0.2) is 182 Å². The third-order valence-corrected chi connectivity index (χ3v) is 10.9. The van der Waals surface area contributed by atoms with Crippen LogP contribution < -0.4 is 0 Å². The predicted molar refractivity (Wildman–Crippen MR) is 208 cm³/mol. The van der Waals surface area contributed by atoms with Gasteiger partial charge in [0.05, 0.1) is 27.7 Å². The number of nitrogens with zero attached hydrogens (tertiary/aromatic N) is 4. The molecule has 0 bridgehead atoms. The molecule has 0 atom stereocenters. The van der Waals surface area contributed by atoms with E-state index in [2.05, 4.69) is 179 Å². The van der Waals surface area contributed by atoms with E-state index in [1.807, 2.05) is 12.3 Å². The van der Waals surface area contributed by atoms with E-state index in [4.69, 9.17) is 9.97 Å². The van der Waals surface area contributed by atoms with Crippen molar-refractivity contribution in [2.24, 2.45) is 0 Å². The largest absolute Gasteiger partial charge is 0.294 e. The van der Waals surface area contributed by atoms with Gasteiger partial charge in [0, 0.05) is 33.4 Å². The van der Waals surface area contributed by atoms with Crippen molar-refractivity contribution in [3.8, 4) is 22.6 Å². The van der Waals surface area contributed by atoms with Crippen LogP contribution in [0, 0.1) is 0 Å². The van der Waals surface area contributed by atoms with E-state index < -0.39 is 5.41 Å². The van der Waals surface area contributed by atoms with Crippen molar-refractivity contribution in [1.29, 1.82) is 0 Å². The normalized spacial score (nSPS) is 13.3. The molecule has 0 saturated carbocycles. The molecular weight excluding hydrogens is 621 g/mol. The summed E-state index contributed by atoms with van der Waals surface area (Å²) < 4.78 is 4.62. The predicted octanol–water partition coefficient (Wildman–Crippen LogP) is 11.0. The minimum Gasteiger partial charge on any atom is -0.294 e. The van der Waals surface area contributed by atoms with E-state index in [1.165, 1.54) is 44.0 Å². The molecule has 51 heavy (non-hydrogen) atoms. The fourth-order valence-electron chi connectivity index (χ4n) is 8.79. The van der Waals surface area contributed by atoms with Crippen molar-refractivity contribution < 1.29 is 0 Å². The van der Waals surface area contributed by atoms with Gasteiger partial charge in [-0.3, -0.25) is 9.13 Å². The summed E-state index contributed by atoms with van der Waals surface area (Å²) in [7, 11) is 0. The third-order valence-electron chi connectivity index (χ3n) is 10.9. The summed E-state index contributed by atoms with van der Waals surface area (Å²) in [5.41, 5.74) is 11.9. The molecule has 0 spiro atoms. The Kier molecular flexibility index (Phi) is 5.84. The Hall–Kier alpha value is -6.78. The maximum absolute atomic E-state index is 5.76. The maximum Gasteiger partial charge on any atom is 0.145 e. The van der Waals surface area contributed by atoms with Gasteiger partial charge in [0.25, 0.3) is 0 Å². The first-order valence-electron chi connectivity index (χ1n) is 17.4. The highest BCUT2D eigenvalue weighted by Gasteiger charge is 2.47. The zero-order valence-electron chi connectivity index (χ0n) is 27.6. The molecule has 238 valence electrons. The van der Waals surface area contributed by atoms with Crippen molar-refractivity contribution in [3.63, 3.8) is 0 Å². The molecule has 0 fully saturated rings. The molecule has 4 heterocycles. The van der Waals surface area contributed by atoms with E-state index in [9.17, 15) is 0 Å². The molecule has 4 nitrogen and oxygen atoms in total. The van der Waals surface area contributed by atoms with Crippen molar-refractivity contribution in [3.05, 3.63) is 205 Å². The molecule has 1 aliphatic rings. The number of aromatic nitrogens is 4. The second-order valence-corrected chi connectivity index (χ2v) is 13.4. The molecule has 0 unspecified atom stereocenters. The number of rotatable bonds is 4. The van der Waals surface area contributed by atoms with E-state index in [-0.39, 0.29) is 0 Å². The molecule has 0 radical (unpaired) electrons. The summed E-state index contributed by atoms with van der Waals surface area (Å²) in [4.78, 5) is 10.6. The molecule has 0 N–H and O–H groups in total. The molecule has 0 amide bonds. The van der Waals surface area contributed by atoms with Crippen LogP contribution in [-0.2, 0) is 5.41 Å². The topological polar surface area (TPSA) is 35.6 Å².